The predicted octanol–water partition coefficient (Wildman–Crippen LogP) is 4.14. The Morgan fingerprint density at radius 1 is 1.19 bits per heavy atom. The molecule has 12 heteroatoms. The SMILES string of the molecule is Cc1csc2nc(CNc3ncnc(N)c3C(=N)c3ccc(O)c(F)c3)n(-c3ccccc3F)c(=O)c12. The van der Waals surface area contributed by atoms with Crippen LogP contribution < -0.4 is 16.6 Å². The highest BCUT2D eigenvalue weighted by molar-refractivity contribution is 7.16. The van der Waals surface area contributed by atoms with E-state index in [2.05, 4.69) is 20.3 Å². The number of anilines is 2. The molecule has 0 bridgehead atoms. The minimum absolute atomic E-state index is 0.0408. The number of benzene rings is 2. The molecule has 0 saturated heterocycles. The number of nitrogen functional groups attached to an aromatic ring is 1. The third-order valence-electron chi connectivity index (χ3n) is 5.73. The summed E-state index contributed by atoms with van der Waals surface area (Å²) in [5, 5.41) is 23.3. The van der Waals surface area contributed by atoms with E-state index in [9.17, 15) is 18.7 Å². The zero-order chi connectivity index (χ0) is 26.3. The molecule has 186 valence electrons. The van der Waals surface area contributed by atoms with E-state index in [0.717, 1.165) is 17.7 Å². The van der Waals surface area contributed by atoms with Crippen LogP contribution in [0.4, 0.5) is 20.4 Å². The van der Waals surface area contributed by atoms with Crippen LogP contribution in [0.2, 0.25) is 0 Å². The van der Waals surface area contributed by atoms with Gasteiger partial charge < -0.3 is 16.2 Å². The van der Waals surface area contributed by atoms with Crippen LogP contribution in [0.15, 0.2) is 59.0 Å². The molecule has 5 aromatic rings. The predicted molar refractivity (Wildman–Crippen MR) is 138 cm³/mol. The van der Waals surface area contributed by atoms with Crippen molar-refractivity contribution in [3.05, 3.63) is 98.7 Å². The normalized spacial score (nSPS) is 11.1. The Balaban J connectivity index is 1.59. The van der Waals surface area contributed by atoms with E-state index in [4.69, 9.17) is 11.1 Å². The van der Waals surface area contributed by atoms with Gasteiger partial charge in [0.2, 0.25) is 0 Å². The number of aromatic hydroxyl groups is 1. The largest absolute Gasteiger partial charge is 0.505 e. The van der Waals surface area contributed by atoms with Crippen molar-refractivity contribution in [2.24, 2.45) is 0 Å². The summed E-state index contributed by atoms with van der Waals surface area (Å²) in [6.07, 6.45) is 1.19. The van der Waals surface area contributed by atoms with Crippen molar-refractivity contribution in [3.63, 3.8) is 0 Å². The Bertz CT molecular complexity index is 1750. The highest BCUT2D eigenvalue weighted by Gasteiger charge is 2.21. The molecular weight excluding hydrogens is 500 g/mol. The number of halogens is 2. The zero-order valence-electron chi connectivity index (χ0n) is 19.3. The summed E-state index contributed by atoms with van der Waals surface area (Å²) in [4.78, 5) is 26.7. The lowest BCUT2D eigenvalue weighted by Gasteiger charge is -2.16. The van der Waals surface area contributed by atoms with E-state index in [1.807, 2.05) is 5.38 Å². The van der Waals surface area contributed by atoms with E-state index < -0.39 is 22.9 Å². The number of hydrogen-bond donors (Lipinski definition) is 4. The number of phenols is 1. The first-order chi connectivity index (χ1) is 17.8. The quantitative estimate of drug-likeness (QED) is 0.247. The van der Waals surface area contributed by atoms with E-state index in [0.29, 0.717) is 10.2 Å². The number of hydrogen-bond acceptors (Lipinski definition) is 9. The highest BCUT2D eigenvalue weighted by Crippen LogP contribution is 2.26. The fraction of sp³-hybridized carbons (Fsp3) is 0.0800. The minimum atomic E-state index is -0.898. The summed E-state index contributed by atoms with van der Waals surface area (Å²) in [5.74, 6) is -1.76. The molecule has 0 spiro atoms. The maximum Gasteiger partial charge on any atom is 0.267 e. The second-order valence-corrected chi connectivity index (χ2v) is 8.95. The second kappa shape index (κ2) is 9.39. The van der Waals surface area contributed by atoms with Gasteiger partial charge in [0.15, 0.2) is 11.6 Å². The Morgan fingerprint density at radius 2 is 1.97 bits per heavy atom. The Morgan fingerprint density at radius 3 is 2.73 bits per heavy atom. The molecule has 0 amide bonds. The van der Waals surface area contributed by atoms with Crippen molar-refractivity contribution in [1.82, 2.24) is 19.5 Å². The second-order valence-electron chi connectivity index (χ2n) is 8.10. The number of nitrogens with two attached hydrogens (primary N) is 1. The molecule has 9 nitrogen and oxygen atoms in total. The summed E-state index contributed by atoms with van der Waals surface area (Å²) < 4.78 is 29.9. The molecule has 0 radical (unpaired) electrons. The van der Waals surface area contributed by atoms with Gasteiger partial charge in [-0.2, -0.15) is 0 Å². The Kier molecular flexibility index (Phi) is 6.09. The van der Waals surface area contributed by atoms with Crippen LogP contribution >= 0.6 is 11.3 Å². The molecule has 5 rings (SSSR count). The lowest BCUT2D eigenvalue weighted by Crippen LogP contribution is -2.26. The Hall–Kier alpha value is -4.71. The maximum atomic E-state index is 14.8. The first-order valence-electron chi connectivity index (χ1n) is 10.9. The number of aromatic nitrogens is 4. The number of nitrogens with one attached hydrogen (secondary N) is 2. The van der Waals surface area contributed by atoms with E-state index in [1.165, 1.54) is 46.5 Å². The van der Waals surface area contributed by atoms with Crippen LogP contribution in [0.25, 0.3) is 15.9 Å². The highest BCUT2D eigenvalue weighted by atomic mass is 32.1. The summed E-state index contributed by atoms with van der Waals surface area (Å²) in [5.41, 5.74) is 6.44. The van der Waals surface area contributed by atoms with Crippen LogP contribution in [0.1, 0.15) is 22.5 Å². The van der Waals surface area contributed by atoms with Crippen molar-refractivity contribution in [2.45, 2.75) is 13.5 Å². The van der Waals surface area contributed by atoms with Crippen LogP contribution in [0, 0.1) is 24.0 Å². The number of fused-ring (bicyclic) bond motifs is 1. The molecule has 0 atom stereocenters. The summed E-state index contributed by atoms with van der Waals surface area (Å²) in [7, 11) is 0. The van der Waals surface area contributed by atoms with Gasteiger partial charge in [0.1, 0.15) is 34.4 Å². The van der Waals surface area contributed by atoms with Crippen molar-refractivity contribution in [3.8, 4) is 11.4 Å². The monoisotopic (exact) mass is 519 g/mol. The fourth-order valence-corrected chi connectivity index (χ4v) is 4.85. The van der Waals surface area contributed by atoms with E-state index >= 15 is 0 Å². The van der Waals surface area contributed by atoms with Gasteiger partial charge in [0.05, 0.1) is 28.9 Å². The first-order valence-corrected chi connectivity index (χ1v) is 11.8. The standard InChI is InChI=1S/C25H19F2N7O2S/c1-12-10-37-24-19(12)25(36)34(16-5-3-2-4-14(16)26)18(33-24)9-30-23-20(22(29)31-11-32-23)21(28)13-6-7-17(35)15(27)8-13/h2-8,10-11,28,35H,9H2,1H3,(H3,29,30,31,32). The molecule has 5 N–H and O–H groups in total. The number of nitrogens with zero attached hydrogens (tertiary/aromatic N) is 4. The van der Waals surface area contributed by atoms with E-state index in [1.54, 1.807) is 13.0 Å². The van der Waals surface area contributed by atoms with E-state index in [-0.39, 0.29) is 46.5 Å². The third-order valence-corrected chi connectivity index (χ3v) is 6.72. The molecule has 0 aliphatic rings. The molecule has 3 heterocycles. The molecule has 3 aromatic heterocycles. The molecule has 0 aliphatic heterocycles. The van der Waals surface area contributed by atoms with Crippen molar-refractivity contribution in [2.75, 3.05) is 11.1 Å². The molecule has 0 unspecified atom stereocenters. The van der Waals surface area contributed by atoms with Gasteiger partial charge in [-0.1, -0.05) is 12.1 Å². The zero-order valence-corrected chi connectivity index (χ0v) is 20.1. The average Bonchev–Trinajstić information content (AvgIpc) is 3.25. The summed E-state index contributed by atoms with van der Waals surface area (Å²) >= 11 is 1.30. The summed E-state index contributed by atoms with van der Waals surface area (Å²) in [6, 6.07) is 9.37. The molecular formula is C25H19F2N7O2S. The number of rotatable bonds is 6. The van der Waals surface area contributed by atoms with Crippen molar-refractivity contribution < 1.29 is 13.9 Å². The number of aryl methyl sites for hydroxylation is 1. The van der Waals surface area contributed by atoms with Crippen LogP contribution in [0.3, 0.4) is 0 Å². The van der Waals surface area contributed by atoms with Gasteiger partial charge in [-0.3, -0.25) is 14.8 Å². The molecule has 0 aliphatic carbocycles. The number of phenolic OH excluding ortho intramolecular Hbond substituents is 1. The summed E-state index contributed by atoms with van der Waals surface area (Å²) in [6.45, 7) is 1.70. The maximum absolute atomic E-state index is 14.8. The van der Waals surface area contributed by atoms with Gasteiger partial charge >= 0.3 is 0 Å². The van der Waals surface area contributed by atoms with Crippen LogP contribution in [0.5, 0.6) is 5.75 Å². The van der Waals surface area contributed by atoms with Crippen LogP contribution in [-0.2, 0) is 6.54 Å². The fourth-order valence-electron chi connectivity index (χ4n) is 3.92. The smallest absolute Gasteiger partial charge is 0.267 e. The average molecular weight is 520 g/mol. The van der Waals surface area contributed by atoms with Gasteiger partial charge in [0.25, 0.3) is 5.56 Å². The van der Waals surface area contributed by atoms with Crippen molar-refractivity contribution >= 4 is 38.9 Å². The van der Waals surface area contributed by atoms with Gasteiger partial charge in [-0.15, -0.1) is 11.3 Å². The molecule has 0 fully saturated rings. The molecule has 0 saturated carbocycles. The molecule has 2 aromatic carbocycles. The Labute approximate surface area is 212 Å². The minimum Gasteiger partial charge on any atom is -0.505 e. The first kappa shape index (κ1) is 24.0. The van der Waals surface area contributed by atoms with Crippen molar-refractivity contribution in [1.29, 1.82) is 5.41 Å². The van der Waals surface area contributed by atoms with Crippen LogP contribution in [-0.4, -0.2) is 30.3 Å². The van der Waals surface area contributed by atoms with Gasteiger partial charge in [-0.25, -0.2) is 23.7 Å². The number of thiophene rings is 1. The lowest BCUT2D eigenvalue weighted by atomic mass is 10.0. The van der Waals surface area contributed by atoms with Gasteiger partial charge in [0, 0.05) is 5.56 Å². The third kappa shape index (κ3) is 4.27. The molecule has 37 heavy (non-hydrogen) atoms. The lowest BCUT2D eigenvalue weighted by molar-refractivity contribution is 0.432. The topological polar surface area (TPSA) is 143 Å². The number of para-hydroxylation sites is 1. The van der Waals surface area contributed by atoms with Gasteiger partial charge in [-0.05, 0) is 48.2 Å².